The minimum atomic E-state index is -0.593. The molecule has 138 valence electrons. The summed E-state index contributed by atoms with van der Waals surface area (Å²) >= 11 is 12.0. The number of rotatable bonds is 3. The zero-order chi connectivity index (χ0) is 19.7. The Labute approximate surface area is 170 Å². The monoisotopic (exact) mass is 410 g/mol. The molecule has 3 aromatic carbocycles. The number of hydrogen-bond acceptors (Lipinski definition) is 4. The molecule has 0 fully saturated rings. The van der Waals surface area contributed by atoms with E-state index in [0.29, 0.717) is 21.4 Å². The summed E-state index contributed by atoms with van der Waals surface area (Å²) in [6.45, 7) is 0. The fourth-order valence-electron chi connectivity index (χ4n) is 2.77. The number of carbonyl (C=O) groups is 2. The molecule has 0 atom stereocenters. The van der Waals surface area contributed by atoms with Crippen molar-refractivity contribution >= 4 is 41.0 Å². The molecule has 4 rings (SSSR count). The molecule has 4 nitrogen and oxygen atoms in total. The molecule has 28 heavy (non-hydrogen) atoms. The predicted octanol–water partition coefficient (Wildman–Crippen LogP) is 5.83. The van der Waals surface area contributed by atoms with Gasteiger partial charge >= 0.3 is 5.97 Å². The van der Waals surface area contributed by atoms with Crippen molar-refractivity contribution in [3.8, 4) is 11.5 Å². The molecule has 0 aliphatic carbocycles. The maximum atomic E-state index is 12.5. The number of esters is 1. The van der Waals surface area contributed by atoms with Crippen LogP contribution in [0.5, 0.6) is 11.5 Å². The van der Waals surface area contributed by atoms with Gasteiger partial charge in [-0.1, -0.05) is 47.5 Å². The van der Waals surface area contributed by atoms with Crippen molar-refractivity contribution in [1.82, 2.24) is 0 Å². The van der Waals surface area contributed by atoms with Crippen molar-refractivity contribution in [2.24, 2.45) is 0 Å². The van der Waals surface area contributed by atoms with E-state index in [1.54, 1.807) is 54.6 Å². The van der Waals surface area contributed by atoms with Gasteiger partial charge in [0.05, 0.1) is 16.1 Å². The number of hydrogen-bond donors (Lipinski definition) is 0. The number of fused-ring (bicyclic) bond motifs is 1. The highest BCUT2D eigenvalue weighted by Crippen LogP contribution is 2.35. The molecule has 1 aliphatic rings. The van der Waals surface area contributed by atoms with E-state index < -0.39 is 5.97 Å². The second-order valence-electron chi connectivity index (χ2n) is 6.02. The largest absolute Gasteiger partial charge is 0.452 e. The lowest BCUT2D eigenvalue weighted by Gasteiger charge is -2.06. The van der Waals surface area contributed by atoms with Crippen molar-refractivity contribution in [2.45, 2.75) is 0 Å². The van der Waals surface area contributed by atoms with Crippen LogP contribution in [0.4, 0.5) is 0 Å². The summed E-state index contributed by atoms with van der Waals surface area (Å²) in [5, 5.41) is 0.859. The van der Waals surface area contributed by atoms with Gasteiger partial charge in [0.1, 0.15) is 11.5 Å². The van der Waals surface area contributed by atoms with E-state index in [1.807, 2.05) is 6.07 Å². The lowest BCUT2D eigenvalue weighted by molar-refractivity contribution is 0.0734. The molecule has 1 heterocycles. The van der Waals surface area contributed by atoms with Crippen molar-refractivity contribution < 1.29 is 19.1 Å². The molecule has 0 unspecified atom stereocenters. The Morgan fingerprint density at radius 2 is 1.79 bits per heavy atom. The molecular formula is C22H12Cl2O4. The zero-order valence-corrected chi connectivity index (χ0v) is 15.8. The first-order chi connectivity index (χ1) is 13.5. The topological polar surface area (TPSA) is 52.6 Å². The third-order valence-corrected chi connectivity index (χ3v) is 4.66. The predicted molar refractivity (Wildman–Crippen MR) is 107 cm³/mol. The third kappa shape index (κ3) is 3.65. The molecule has 0 aromatic heterocycles. The van der Waals surface area contributed by atoms with E-state index in [9.17, 15) is 9.59 Å². The summed E-state index contributed by atoms with van der Waals surface area (Å²) in [5.41, 5.74) is 1.39. The first-order valence-electron chi connectivity index (χ1n) is 8.32. The van der Waals surface area contributed by atoms with Gasteiger partial charge in [0.25, 0.3) is 0 Å². The van der Waals surface area contributed by atoms with E-state index in [2.05, 4.69) is 0 Å². The molecule has 0 bridgehead atoms. The maximum Gasteiger partial charge on any atom is 0.345 e. The van der Waals surface area contributed by atoms with Gasteiger partial charge in [-0.2, -0.15) is 0 Å². The first-order valence-corrected chi connectivity index (χ1v) is 9.07. The van der Waals surface area contributed by atoms with Crippen LogP contribution in [0.25, 0.3) is 6.08 Å². The Balaban J connectivity index is 1.57. The van der Waals surface area contributed by atoms with Gasteiger partial charge in [-0.05, 0) is 48.0 Å². The number of Topliss-reactive ketones (excluding diaryl/α,β-unsaturated/α-hetero) is 1. The Bertz CT molecular complexity index is 1130. The number of allylic oxidation sites excluding steroid dienone is 1. The number of halogens is 2. The van der Waals surface area contributed by atoms with Crippen molar-refractivity contribution in [1.29, 1.82) is 0 Å². The molecule has 0 radical (unpaired) electrons. The summed E-state index contributed by atoms with van der Waals surface area (Å²) < 4.78 is 11.0. The Kier molecular flexibility index (Phi) is 4.90. The van der Waals surface area contributed by atoms with E-state index in [4.69, 9.17) is 32.7 Å². The van der Waals surface area contributed by atoms with Crippen LogP contribution >= 0.6 is 23.2 Å². The molecule has 1 aliphatic heterocycles. The molecule has 0 saturated heterocycles. The summed E-state index contributed by atoms with van der Waals surface area (Å²) in [6.07, 6.45) is 1.61. The molecule has 0 amide bonds. The zero-order valence-electron chi connectivity index (χ0n) is 14.3. The molecule has 6 heteroatoms. The SMILES string of the molecule is O=C(Oc1ccc2c(c1)OC(=Cc1cccc(Cl)c1)C2=O)c1ccccc1Cl. The lowest BCUT2D eigenvalue weighted by Crippen LogP contribution is -2.09. The second-order valence-corrected chi connectivity index (χ2v) is 6.87. The van der Waals surface area contributed by atoms with E-state index in [1.165, 1.54) is 12.1 Å². The van der Waals surface area contributed by atoms with Crippen LogP contribution < -0.4 is 9.47 Å². The molecule has 0 saturated carbocycles. The van der Waals surface area contributed by atoms with Gasteiger partial charge in [-0.25, -0.2) is 4.79 Å². The van der Waals surface area contributed by atoms with Crippen LogP contribution in [0, 0.1) is 0 Å². The minimum absolute atomic E-state index is 0.173. The van der Waals surface area contributed by atoms with Crippen LogP contribution in [0.15, 0.2) is 72.5 Å². The van der Waals surface area contributed by atoms with Gasteiger partial charge in [0.2, 0.25) is 5.78 Å². The number of carbonyl (C=O) groups excluding carboxylic acids is 2. The molecule has 0 N–H and O–H groups in total. The van der Waals surface area contributed by atoms with Gasteiger partial charge in [-0.15, -0.1) is 0 Å². The first kappa shape index (κ1) is 18.3. The van der Waals surface area contributed by atoms with Crippen molar-refractivity contribution in [2.75, 3.05) is 0 Å². The maximum absolute atomic E-state index is 12.5. The van der Waals surface area contributed by atoms with Gasteiger partial charge in [-0.3, -0.25) is 4.79 Å². The number of benzene rings is 3. The molecular weight excluding hydrogens is 399 g/mol. The van der Waals surface area contributed by atoms with Crippen LogP contribution in [0.3, 0.4) is 0 Å². The smallest absolute Gasteiger partial charge is 0.345 e. The molecule has 3 aromatic rings. The van der Waals surface area contributed by atoms with Crippen LogP contribution in [0.1, 0.15) is 26.3 Å². The van der Waals surface area contributed by atoms with Crippen LogP contribution in [-0.2, 0) is 0 Å². The van der Waals surface area contributed by atoms with E-state index in [0.717, 1.165) is 5.56 Å². The van der Waals surface area contributed by atoms with Crippen molar-refractivity contribution in [3.05, 3.63) is 99.2 Å². The molecule has 0 spiro atoms. The average Bonchev–Trinajstić information content (AvgIpc) is 2.97. The van der Waals surface area contributed by atoms with E-state index in [-0.39, 0.29) is 22.9 Å². The van der Waals surface area contributed by atoms with Crippen molar-refractivity contribution in [3.63, 3.8) is 0 Å². The summed E-state index contributed by atoms with van der Waals surface area (Å²) in [5.74, 6) is -0.0985. The summed E-state index contributed by atoms with van der Waals surface area (Å²) in [6, 6.07) is 18.3. The number of ketones is 1. The van der Waals surface area contributed by atoms with Crippen LogP contribution in [0.2, 0.25) is 10.0 Å². The Morgan fingerprint density at radius 3 is 2.57 bits per heavy atom. The van der Waals surface area contributed by atoms with Crippen LogP contribution in [-0.4, -0.2) is 11.8 Å². The third-order valence-electron chi connectivity index (χ3n) is 4.09. The average molecular weight is 411 g/mol. The van der Waals surface area contributed by atoms with E-state index >= 15 is 0 Å². The second kappa shape index (κ2) is 7.50. The summed E-state index contributed by atoms with van der Waals surface area (Å²) in [4.78, 5) is 24.8. The highest BCUT2D eigenvalue weighted by Gasteiger charge is 2.28. The normalized spacial score (nSPS) is 13.9. The lowest BCUT2D eigenvalue weighted by atomic mass is 10.1. The van der Waals surface area contributed by atoms with Gasteiger partial charge in [0.15, 0.2) is 5.76 Å². The van der Waals surface area contributed by atoms with Gasteiger partial charge < -0.3 is 9.47 Å². The fraction of sp³-hybridized carbons (Fsp3) is 0. The number of ether oxygens (including phenoxy) is 2. The Morgan fingerprint density at radius 1 is 0.964 bits per heavy atom. The highest BCUT2D eigenvalue weighted by molar-refractivity contribution is 6.33. The summed E-state index contributed by atoms with van der Waals surface area (Å²) in [7, 11) is 0. The fourth-order valence-corrected chi connectivity index (χ4v) is 3.18. The Hall–Kier alpha value is -3.08. The standard InChI is InChI=1S/C22H12Cl2O4/c23-14-5-3-4-13(10-14)11-20-21(25)17-9-8-15(12-19(17)28-20)27-22(26)16-6-1-2-7-18(16)24/h1-12H. The quantitative estimate of drug-likeness (QED) is 0.309. The highest BCUT2D eigenvalue weighted by atomic mass is 35.5. The van der Waals surface area contributed by atoms with Gasteiger partial charge in [0, 0.05) is 11.1 Å². The minimum Gasteiger partial charge on any atom is -0.452 e.